The minimum Gasteiger partial charge on any atom is -0.326 e. The van der Waals surface area contributed by atoms with Crippen LogP contribution in [0, 0.1) is 0 Å². The molecule has 0 aliphatic heterocycles. The lowest BCUT2D eigenvalue weighted by Gasteiger charge is -2.06. The molecule has 0 heterocycles. The maximum absolute atomic E-state index is 10.9. The predicted molar refractivity (Wildman–Crippen MR) is 60.8 cm³/mol. The van der Waals surface area contributed by atoms with E-state index in [2.05, 4.69) is 11.9 Å². The maximum atomic E-state index is 10.9. The van der Waals surface area contributed by atoms with Gasteiger partial charge in [0.25, 0.3) is 0 Å². The van der Waals surface area contributed by atoms with Crippen LogP contribution in [0.5, 0.6) is 0 Å². The summed E-state index contributed by atoms with van der Waals surface area (Å²) in [6.45, 7) is 7.07. The van der Waals surface area contributed by atoms with Gasteiger partial charge in [0.2, 0.25) is 5.91 Å². The van der Waals surface area contributed by atoms with E-state index in [1.165, 1.54) is 6.92 Å². The van der Waals surface area contributed by atoms with Crippen LogP contribution >= 0.6 is 0 Å². The molecule has 0 fully saturated rings. The summed E-state index contributed by atoms with van der Waals surface area (Å²) in [5.74, 6) is -0.161. The minimum atomic E-state index is -0.161. The molecule has 3 heteroatoms. The van der Waals surface area contributed by atoms with Gasteiger partial charge in [0.05, 0.1) is 0 Å². The van der Waals surface area contributed by atoms with Crippen molar-refractivity contribution in [3.8, 4) is 0 Å². The molecule has 0 spiro atoms. The Bertz CT molecular complexity index is 422. The molecule has 0 saturated carbocycles. The van der Waals surface area contributed by atoms with Crippen LogP contribution in [0.4, 0.5) is 5.69 Å². The van der Waals surface area contributed by atoms with Crippen LogP contribution in [0.25, 0.3) is 5.57 Å². The number of carbonyl (C=O) groups is 2. The number of hydrogen-bond acceptors (Lipinski definition) is 2. The topological polar surface area (TPSA) is 46.2 Å². The van der Waals surface area contributed by atoms with Gasteiger partial charge in [-0.1, -0.05) is 12.2 Å². The Kier molecular flexibility index (Phi) is 3.39. The number of hydrogen-bond donors (Lipinski definition) is 1. The third-order valence-electron chi connectivity index (χ3n) is 1.90. The molecule has 78 valence electrons. The summed E-state index contributed by atoms with van der Waals surface area (Å²) in [5, 5.41) is 2.64. The largest absolute Gasteiger partial charge is 0.326 e. The van der Waals surface area contributed by atoms with E-state index in [4.69, 9.17) is 0 Å². The van der Waals surface area contributed by atoms with E-state index in [-0.39, 0.29) is 5.91 Å². The number of benzene rings is 1. The van der Waals surface area contributed by atoms with E-state index in [0.717, 1.165) is 17.4 Å². The number of allylic oxidation sites excluding steroid dienone is 1. The molecule has 0 unspecified atom stereocenters. The summed E-state index contributed by atoms with van der Waals surface area (Å²) in [6, 6.07) is 5.15. The fourth-order valence-corrected chi connectivity index (χ4v) is 1.24. The van der Waals surface area contributed by atoms with Gasteiger partial charge in [-0.05, 0) is 30.7 Å². The van der Waals surface area contributed by atoms with E-state index in [0.29, 0.717) is 11.3 Å². The standard InChI is InChI=1S/C12H13NO2/c1-8(2)11-4-10(7-14)5-12(6-11)13-9(3)15/h4-7H,1H2,2-3H3,(H,13,15). The zero-order chi connectivity index (χ0) is 11.4. The second kappa shape index (κ2) is 4.55. The van der Waals surface area contributed by atoms with E-state index >= 15 is 0 Å². The van der Waals surface area contributed by atoms with Crippen LogP contribution in [0.1, 0.15) is 29.8 Å². The average Bonchev–Trinajstić information content (AvgIpc) is 2.16. The Morgan fingerprint density at radius 1 is 1.33 bits per heavy atom. The molecule has 0 radical (unpaired) electrons. The number of anilines is 1. The van der Waals surface area contributed by atoms with Crippen molar-refractivity contribution in [2.45, 2.75) is 13.8 Å². The molecular weight excluding hydrogens is 190 g/mol. The summed E-state index contributed by atoms with van der Waals surface area (Å²) in [6.07, 6.45) is 0.748. The van der Waals surface area contributed by atoms with E-state index in [9.17, 15) is 9.59 Å². The number of amides is 1. The molecule has 1 aromatic rings. The highest BCUT2D eigenvalue weighted by Gasteiger charge is 2.02. The van der Waals surface area contributed by atoms with Gasteiger partial charge in [-0.15, -0.1) is 0 Å². The highest BCUT2D eigenvalue weighted by Crippen LogP contribution is 2.19. The Morgan fingerprint density at radius 2 is 2.00 bits per heavy atom. The molecule has 0 aliphatic rings. The normalized spacial score (nSPS) is 9.47. The van der Waals surface area contributed by atoms with Crippen molar-refractivity contribution >= 4 is 23.5 Å². The van der Waals surface area contributed by atoms with Crippen LogP contribution in [0.3, 0.4) is 0 Å². The second-order valence-electron chi connectivity index (χ2n) is 3.42. The maximum Gasteiger partial charge on any atom is 0.221 e. The van der Waals surface area contributed by atoms with E-state index < -0.39 is 0 Å². The van der Waals surface area contributed by atoms with Crippen molar-refractivity contribution in [2.24, 2.45) is 0 Å². The summed E-state index contributed by atoms with van der Waals surface area (Å²) in [4.78, 5) is 21.5. The third kappa shape index (κ3) is 3.06. The van der Waals surface area contributed by atoms with Crippen LogP contribution in [-0.4, -0.2) is 12.2 Å². The number of rotatable bonds is 3. The Morgan fingerprint density at radius 3 is 2.47 bits per heavy atom. The van der Waals surface area contributed by atoms with Gasteiger partial charge in [0.1, 0.15) is 6.29 Å². The molecule has 0 saturated heterocycles. The first-order chi connectivity index (χ1) is 7.02. The lowest BCUT2D eigenvalue weighted by molar-refractivity contribution is -0.114. The molecule has 0 aromatic heterocycles. The van der Waals surface area contributed by atoms with Gasteiger partial charge in [0, 0.05) is 18.2 Å². The van der Waals surface area contributed by atoms with Crippen molar-refractivity contribution < 1.29 is 9.59 Å². The van der Waals surface area contributed by atoms with E-state index in [1.807, 2.05) is 6.92 Å². The summed E-state index contributed by atoms with van der Waals surface area (Å²) < 4.78 is 0. The molecule has 1 N–H and O–H groups in total. The Labute approximate surface area is 88.8 Å². The first kappa shape index (κ1) is 11.2. The SMILES string of the molecule is C=C(C)c1cc(C=O)cc(NC(C)=O)c1. The number of carbonyl (C=O) groups excluding carboxylic acids is 2. The average molecular weight is 203 g/mol. The summed E-state index contributed by atoms with van der Waals surface area (Å²) in [5.41, 5.74) is 2.85. The van der Waals surface area contributed by atoms with Crippen LogP contribution in [-0.2, 0) is 4.79 Å². The van der Waals surface area contributed by atoms with E-state index in [1.54, 1.807) is 18.2 Å². The smallest absolute Gasteiger partial charge is 0.221 e. The van der Waals surface area contributed by atoms with Crippen molar-refractivity contribution in [1.29, 1.82) is 0 Å². The molecule has 0 aliphatic carbocycles. The molecule has 1 rings (SSSR count). The summed E-state index contributed by atoms with van der Waals surface area (Å²) in [7, 11) is 0. The molecule has 15 heavy (non-hydrogen) atoms. The highest BCUT2D eigenvalue weighted by molar-refractivity contribution is 5.91. The summed E-state index contributed by atoms with van der Waals surface area (Å²) >= 11 is 0. The van der Waals surface area contributed by atoms with Crippen molar-refractivity contribution in [1.82, 2.24) is 0 Å². The quantitative estimate of drug-likeness (QED) is 0.767. The van der Waals surface area contributed by atoms with Crippen molar-refractivity contribution in [3.63, 3.8) is 0 Å². The molecular formula is C12H13NO2. The van der Waals surface area contributed by atoms with Gasteiger partial charge in [-0.25, -0.2) is 0 Å². The van der Waals surface area contributed by atoms with Gasteiger partial charge in [-0.2, -0.15) is 0 Å². The lowest BCUT2D eigenvalue weighted by Crippen LogP contribution is -2.06. The van der Waals surface area contributed by atoms with Gasteiger partial charge in [0.15, 0.2) is 0 Å². The number of nitrogens with one attached hydrogen (secondary N) is 1. The Balaban J connectivity index is 3.16. The minimum absolute atomic E-state index is 0.161. The first-order valence-corrected chi connectivity index (χ1v) is 4.56. The zero-order valence-corrected chi connectivity index (χ0v) is 8.83. The lowest BCUT2D eigenvalue weighted by atomic mass is 10.0. The van der Waals surface area contributed by atoms with Crippen molar-refractivity contribution in [3.05, 3.63) is 35.9 Å². The van der Waals surface area contributed by atoms with Gasteiger partial charge >= 0.3 is 0 Å². The molecule has 1 aromatic carbocycles. The monoisotopic (exact) mass is 203 g/mol. The van der Waals surface area contributed by atoms with Gasteiger partial charge in [-0.3, -0.25) is 9.59 Å². The molecule has 1 amide bonds. The van der Waals surface area contributed by atoms with Crippen LogP contribution in [0.15, 0.2) is 24.8 Å². The first-order valence-electron chi connectivity index (χ1n) is 4.56. The molecule has 3 nitrogen and oxygen atoms in total. The zero-order valence-electron chi connectivity index (χ0n) is 8.83. The highest BCUT2D eigenvalue weighted by atomic mass is 16.1. The fraction of sp³-hybridized carbons (Fsp3) is 0.167. The second-order valence-corrected chi connectivity index (χ2v) is 3.42. The predicted octanol–water partition coefficient (Wildman–Crippen LogP) is 2.49. The third-order valence-corrected chi connectivity index (χ3v) is 1.90. The number of aldehydes is 1. The molecule has 0 bridgehead atoms. The van der Waals surface area contributed by atoms with Crippen molar-refractivity contribution in [2.75, 3.05) is 5.32 Å². The van der Waals surface area contributed by atoms with Crippen LogP contribution in [0.2, 0.25) is 0 Å². The fourth-order valence-electron chi connectivity index (χ4n) is 1.24. The Hall–Kier alpha value is -1.90. The van der Waals surface area contributed by atoms with Gasteiger partial charge < -0.3 is 5.32 Å². The molecule has 0 atom stereocenters. The van der Waals surface area contributed by atoms with Crippen LogP contribution < -0.4 is 5.32 Å².